The van der Waals surface area contributed by atoms with E-state index in [1.807, 2.05) is 19.9 Å². The largest absolute Gasteiger partial charge is 0.465 e. The second-order valence-electron chi connectivity index (χ2n) is 6.63. The maximum Gasteiger partial charge on any atom is 0.355 e. The van der Waals surface area contributed by atoms with Crippen molar-refractivity contribution in [2.24, 2.45) is 0 Å². The Labute approximate surface area is 156 Å². The molecule has 1 aromatic rings. The Morgan fingerprint density at radius 3 is 2.44 bits per heavy atom. The minimum atomic E-state index is -0.697. The van der Waals surface area contributed by atoms with Gasteiger partial charge in [0.25, 0.3) is 5.91 Å². The number of amides is 1. The monoisotopic (exact) mass is 368 g/mol. The maximum atomic E-state index is 12.5. The minimum Gasteiger partial charge on any atom is -0.465 e. The Hall–Kier alpha value is -3.35. The van der Waals surface area contributed by atoms with Crippen LogP contribution >= 0.6 is 0 Å². The topological polar surface area (TPSA) is 84.9 Å². The summed E-state index contributed by atoms with van der Waals surface area (Å²) in [6.07, 6.45) is 6.41. The Morgan fingerprint density at radius 2 is 1.78 bits per heavy atom. The summed E-state index contributed by atoms with van der Waals surface area (Å²) in [5, 5.41) is 2.92. The molecule has 1 amide bonds. The first kappa shape index (κ1) is 18.4. The number of allylic oxidation sites excluding steroid dienone is 2. The van der Waals surface area contributed by atoms with Gasteiger partial charge in [-0.25, -0.2) is 9.59 Å². The summed E-state index contributed by atoms with van der Waals surface area (Å²) in [7, 11) is 2.47. The lowest BCUT2D eigenvalue weighted by Gasteiger charge is -2.24. The number of nitrogens with zero attached hydrogens (tertiary/aromatic N) is 1. The quantitative estimate of drug-likeness (QED) is 0.823. The van der Waals surface area contributed by atoms with Gasteiger partial charge in [-0.1, -0.05) is 12.1 Å². The molecule has 7 nitrogen and oxygen atoms in total. The van der Waals surface area contributed by atoms with Crippen LogP contribution in [0.2, 0.25) is 0 Å². The normalized spacial score (nSPS) is 17.3. The highest BCUT2D eigenvalue weighted by Crippen LogP contribution is 2.35. The van der Waals surface area contributed by atoms with Crippen molar-refractivity contribution in [1.82, 2.24) is 5.32 Å². The molecular weight excluding hydrogens is 348 g/mol. The first-order valence-electron chi connectivity index (χ1n) is 8.32. The minimum absolute atomic E-state index is 0.00645. The van der Waals surface area contributed by atoms with Crippen LogP contribution in [0.25, 0.3) is 0 Å². The van der Waals surface area contributed by atoms with Gasteiger partial charge < -0.3 is 19.7 Å². The molecule has 1 aromatic carbocycles. The molecule has 0 saturated heterocycles. The molecule has 1 N–H and O–H groups in total. The van der Waals surface area contributed by atoms with Gasteiger partial charge in [0, 0.05) is 17.5 Å². The summed E-state index contributed by atoms with van der Waals surface area (Å²) in [5.41, 5.74) is 1.52. The number of hydrogen-bond acceptors (Lipinski definition) is 6. The van der Waals surface area contributed by atoms with E-state index in [1.54, 1.807) is 30.5 Å². The molecular formula is C20H20N2O5. The molecule has 140 valence electrons. The van der Waals surface area contributed by atoms with Crippen molar-refractivity contribution >= 4 is 23.5 Å². The molecule has 2 aliphatic heterocycles. The number of rotatable bonds is 3. The second-order valence-corrected chi connectivity index (χ2v) is 6.63. The summed E-state index contributed by atoms with van der Waals surface area (Å²) < 4.78 is 9.67. The van der Waals surface area contributed by atoms with Crippen molar-refractivity contribution in [2.75, 3.05) is 19.1 Å². The highest BCUT2D eigenvalue weighted by atomic mass is 16.5. The van der Waals surface area contributed by atoms with Crippen molar-refractivity contribution in [3.63, 3.8) is 0 Å². The summed E-state index contributed by atoms with van der Waals surface area (Å²) in [6.45, 7) is 3.84. The van der Waals surface area contributed by atoms with Crippen molar-refractivity contribution in [3.05, 3.63) is 65.0 Å². The number of fused-ring (bicyclic) bond motifs is 1. The predicted molar refractivity (Wildman–Crippen MR) is 98.8 cm³/mol. The third kappa shape index (κ3) is 3.12. The van der Waals surface area contributed by atoms with E-state index in [9.17, 15) is 14.4 Å². The highest BCUT2D eigenvalue weighted by molar-refractivity contribution is 6.06. The van der Waals surface area contributed by atoms with Crippen LogP contribution in [0.5, 0.6) is 0 Å². The number of esters is 2. The zero-order valence-electron chi connectivity index (χ0n) is 15.5. The van der Waals surface area contributed by atoms with Crippen LogP contribution in [0, 0.1) is 0 Å². The first-order valence-corrected chi connectivity index (χ1v) is 8.32. The van der Waals surface area contributed by atoms with Crippen LogP contribution in [0.3, 0.4) is 0 Å². The summed E-state index contributed by atoms with van der Waals surface area (Å²) in [5.74, 6) is -1.55. The van der Waals surface area contributed by atoms with Gasteiger partial charge in [-0.3, -0.25) is 4.79 Å². The Balaban J connectivity index is 2.17. The van der Waals surface area contributed by atoms with Crippen molar-refractivity contribution in [1.29, 1.82) is 0 Å². The number of ether oxygens (including phenoxy) is 2. The molecule has 0 aliphatic carbocycles. The molecule has 0 spiro atoms. The number of anilines is 1. The zero-order chi connectivity index (χ0) is 19.8. The lowest BCUT2D eigenvalue weighted by molar-refractivity contribution is -0.139. The third-order valence-electron chi connectivity index (χ3n) is 4.51. The lowest BCUT2D eigenvalue weighted by atomic mass is 9.94. The fraction of sp³-hybridized carbons (Fsp3) is 0.250. The van der Waals surface area contributed by atoms with Crippen LogP contribution in [-0.2, 0) is 24.6 Å². The molecule has 0 fully saturated rings. The second kappa shape index (κ2) is 6.75. The predicted octanol–water partition coefficient (Wildman–Crippen LogP) is 2.16. The Bertz CT molecular complexity index is 924. The highest BCUT2D eigenvalue weighted by Gasteiger charge is 2.36. The van der Waals surface area contributed by atoms with Gasteiger partial charge in [0.05, 0.1) is 25.3 Å². The molecule has 2 aliphatic rings. The van der Waals surface area contributed by atoms with Gasteiger partial charge in [-0.15, -0.1) is 0 Å². The molecule has 27 heavy (non-hydrogen) atoms. The zero-order valence-corrected chi connectivity index (χ0v) is 15.5. The van der Waals surface area contributed by atoms with Crippen molar-refractivity contribution in [2.45, 2.75) is 19.4 Å². The van der Waals surface area contributed by atoms with E-state index in [-0.39, 0.29) is 17.2 Å². The number of methoxy groups -OCH3 is 2. The molecule has 0 aromatic heterocycles. The summed E-state index contributed by atoms with van der Waals surface area (Å²) >= 11 is 0. The number of nitrogens with one attached hydrogen (secondary N) is 1. The van der Waals surface area contributed by atoms with E-state index in [2.05, 4.69) is 5.32 Å². The van der Waals surface area contributed by atoms with Gasteiger partial charge in [-0.05, 0) is 43.7 Å². The van der Waals surface area contributed by atoms with Gasteiger partial charge in [-0.2, -0.15) is 0 Å². The van der Waals surface area contributed by atoms with Crippen LogP contribution in [0.1, 0.15) is 29.8 Å². The molecule has 0 bridgehead atoms. The van der Waals surface area contributed by atoms with Gasteiger partial charge in [0.15, 0.2) is 0 Å². The summed E-state index contributed by atoms with van der Waals surface area (Å²) in [6, 6.07) is 5.31. The van der Waals surface area contributed by atoms with E-state index in [0.717, 1.165) is 5.56 Å². The van der Waals surface area contributed by atoms with E-state index in [0.29, 0.717) is 11.3 Å². The average molecular weight is 368 g/mol. The van der Waals surface area contributed by atoms with E-state index >= 15 is 0 Å². The van der Waals surface area contributed by atoms with Gasteiger partial charge in [0.2, 0.25) is 0 Å². The van der Waals surface area contributed by atoms with Crippen LogP contribution < -0.4 is 10.2 Å². The lowest BCUT2D eigenvalue weighted by Crippen LogP contribution is -2.32. The van der Waals surface area contributed by atoms with E-state index in [1.165, 1.54) is 25.2 Å². The SMILES string of the molecule is COC(=O)C1=C(C(=O)OC)N(c2ccc3c(c2)C(=O)NC3(C)C)C=CC=C1. The van der Waals surface area contributed by atoms with E-state index in [4.69, 9.17) is 9.47 Å². The van der Waals surface area contributed by atoms with Crippen molar-refractivity contribution in [3.8, 4) is 0 Å². The molecule has 0 saturated carbocycles. The average Bonchev–Trinajstić information content (AvgIpc) is 2.81. The molecule has 2 heterocycles. The van der Waals surface area contributed by atoms with Crippen LogP contribution in [-0.4, -0.2) is 32.1 Å². The molecule has 0 unspecified atom stereocenters. The molecule has 7 heteroatoms. The number of carbonyl (C=O) groups excluding carboxylic acids is 3. The Kier molecular flexibility index (Phi) is 4.61. The smallest absolute Gasteiger partial charge is 0.355 e. The molecule has 0 radical (unpaired) electrons. The Morgan fingerprint density at radius 1 is 1.07 bits per heavy atom. The fourth-order valence-electron chi connectivity index (χ4n) is 3.20. The van der Waals surface area contributed by atoms with Gasteiger partial charge >= 0.3 is 11.9 Å². The number of benzene rings is 1. The van der Waals surface area contributed by atoms with Gasteiger partial charge in [0.1, 0.15) is 5.70 Å². The fourth-order valence-corrected chi connectivity index (χ4v) is 3.20. The molecule has 0 atom stereocenters. The van der Waals surface area contributed by atoms with E-state index < -0.39 is 17.5 Å². The van der Waals surface area contributed by atoms with Crippen molar-refractivity contribution < 1.29 is 23.9 Å². The van der Waals surface area contributed by atoms with Crippen LogP contribution in [0.15, 0.2) is 53.9 Å². The van der Waals surface area contributed by atoms with Crippen LogP contribution in [0.4, 0.5) is 5.69 Å². The third-order valence-corrected chi connectivity index (χ3v) is 4.51. The summed E-state index contributed by atoms with van der Waals surface area (Å²) in [4.78, 5) is 38.5. The molecule has 3 rings (SSSR count). The standard InChI is InChI=1S/C20H20N2O5/c1-20(2)15-9-8-12(11-14(15)17(23)21-20)22-10-6-5-7-13(18(24)26-3)16(22)19(25)27-4/h5-11H,1-4H3,(H,21,23). The number of hydrogen-bond donors (Lipinski definition) is 1. The maximum absolute atomic E-state index is 12.5. The number of carbonyl (C=O) groups is 3. The first-order chi connectivity index (χ1) is 12.8.